The number of carbonyl (C=O) groups excluding carboxylic acids is 3. The molecule has 8 rings (SSSR count). The normalized spacial score (nSPS) is 18.9. The first-order chi connectivity index (χ1) is 39.6. The summed E-state index contributed by atoms with van der Waals surface area (Å²) in [5.41, 5.74) is 9.92. The van der Waals surface area contributed by atoms with Gasteiger partial charge in [0.05, 0.1) is 74.7 Å². The Labute approximate surface area is 493 Å². The van der Waals surface area contributed by atoms with Crippen molar-refractivity contribution >= 4 is 46.4 Å². The fourth-order valence-electron chi connectivity index (χ4n) is 9.71. The maximum atomic E-state index is 13.8. The molecule has 0 saturated carbocycles. The number of hydrogen-bond acceptors (Lipinski definition) is 19. The van der Waals surface area contributed by atoms with Crippen molar-refractivity contribution in [2.45, 2.75) is 156 Å². The predicted molar refractivity (Wildman–Crippen MR) is 315 cm³/mol. The Kier molecular flexibility index (Phi) is 24.8. The van der Waals surface area contributed by atoms with Gasteiger partial charge in [-0.2, -0.15) is 0 Å². The second-order valence-electron chi connectivity index (χ2n) is 21.6. The fourth-order valence-corrected chi connectivity index (χ4v) is 11.3. The van der Waals surface area contributed by atoms with Crippen LogP contribution in [0.1, 0.15) is 140 Å². The summed E-state index contributed by atoms with van der Waals surface area (Å²) in [6.07, 6.45) is -0.751. The smallest absolute Gasteiger partial charge is 0.314 e. The number of thiazole rings is 2. The maximum absolute atomic E-state index is 13.8. The third-order valence-electron chi connectivity index (χ3n) is 14.2. The number of carboxylic acids is 1. The number of carboxylic acid groups (broad SMARTS) is 1. The molecule has 21 nitrogen and oxygen atoms in total. The quantitative estimate of drug-likeness (QED) is 0.0330. The number of amides is 3. The van der Waals surface area contributed by atoms with Crippen LogP contribution >= 0.6 is 22.7 Å². The third-order valence-corrected chi connectivity index (χ3v) is 16.1. The van der Waals surface area contributed by atoms with Crippen molar-refractivity contribution in [3.8, 4) is 32.6 Å². The van der Waals surface area contributed by atoms with Gasteiger partial charge in [-0.15, -0.1) is 22.7 Å². The fraction of sp³-hybridized carbons (Fsp3) is 0.533. The molecule has 0 radical (unpaired) electrons. The van der Waals surface area contributed by atoms with E-state index in [0.29, 0.717) is 50.9 Å². The number of β-amino-alcohol motifs (C(OH)–C–C–N with tert-alkyl or cyclic N) is 2. The van der Waals surface area contributed by atoms with Crippen LogP contribution in [0.5, 0.6) is 11.8 Å². The molecule has 0 spiro atoms. The molecule has 6 heterocycles. The molecule has 2 aliphatic rings. The number of hydrogen-bond donors (Lipinski definition) is 6. The SMILES string of the molecule is CCOC(C)COc1cc(C(C(=O)N2C[C@H](O)C[C@H]2C(=O)N[C@@H](C)c2ccc(-c3scnc3C)cc2)C(C)C)on1.CCOC(C)COc1cc(C(C(=O)O)C(C)C)on1.Cc1ncsc1-c1ccc([C@H](C)NC(=O)[C@@H]2C[C@@H](O)CN2)cc1. The molecule has 2 aliphatic heterocycles. The van der Waals surface area contributed by atoms with Crippen LogP contribution in [-0.4, -0.2) is 140 Å². The standard InChI is InChI=1S/C30H40N4O6S.C17H21N3O2S.C13H21NO5/c1-7-38-18(4)15-39-26-13-25(40-33-26)27(17(2)3)30(37)34-14-23(35)12-24(34)29(36)32-19(5)21-8-10-22(11-9-21)28-20(6)31-16-41-28;1-10(20-17(22)15-7-14(21)8-18-15)12-3-5-13(6-4-12)16-11(2)19-9-23-16;1-5-17-9(4)7-18-11-6-10(19-14-11)12(8(2)3)13(15)16/h8-11,13,16-19,23-24,27,35H,7,12,14-15H2,1-6H3,(H,32,36);3-6,9-10,14-15,18,21H,7-8H2,1-2H3,(H,20,22);6,8-9,12H,5,7H2,1-4H3,(H,15,16)/t18?,19-,23+,24-,27?;10-,14+,15-;/m00./s1. The topological polar surface area (TPSA) is 283 Å². The predicted octanol–water partition coefficient (Wildman–Crippen LogP) is 8.81. The minimum atomic E-state index is -0.930. The summed E-state index contributed by atoms with van der Waals surface area (Å²) in [6.45, 7) is 25.3. The van der Waals surface area contributed by atoms with E-state index in [-0.39, 0.29) is 84.6 Å². The molecule has 0 aliphatic carbocycles. The molecule has 4 unspecified atom stereocenters. The largest absolute Gasteiger partial charge is 0.481 e. The number of benzene rings is 2. The van der Waals surface area contributed by atoms with Crippen LogP contribution in [0.15, 0.2) is 80.7 Å². The lowest BCUT2D eigenvalue weighted by Crippen LogP contribution is -2.48. The van der Waals surface area contributed by atoms with Gasteiger partial charge < -0.3 is 64.2 Å². The van der Waals surface area contributed by atoms with Gasteiger partial charge in [0.2, 0.25) is 17.7 Å². The molecule has 0 bridgehead atoms. The number of aliphatic carboxylic acids is 1. The summed E-state index contributed by atoms with van der Waals surface area (Å²) >= 11 is 3.22. The van der Waals surface area contributed by atoms with Crippen molar-refractivity contribution in [3.05, 3.63) is 106 Å². The second kappa shape index (κ2) is 31.3. The molecule has 2 saturated heterocycles. The Balaban J connectivity index is 0.000000221. The summed E-state index contributed by atoms with van der Waals surface area (Å²) in [4.78, 5) is 62.9. The lowest BCUT2D eigenvalue weighted by atomic mass is 9.91. The van der Waals surface area contributed by atoms with Crippen molar-refractivity contribution in [2.24, 2.45) is 11.8 Å². The van der Waals surface area contributed by atoms with Gasteiger partial charge in [0, 0.05) is 44.9 Å². The van der Waals surface area contributed by atoms with E-state index >= 15 is 0 Å². The van der Waals surface area contributed by atoms with E-state index in [9.17, 15) is 29.4 Å². The molecule has 2 fully saturated rings. The number of aryl methyl sites for hydroxylation is 2. The second-order valence-corrected chi connectivity index (χ2v) is 23.3. The van der Waals surface area contributed by atoms with Gasteiger partial charge in [-0.05, 0) is 106 Å². The van der Waals surface area contributed by atoms with Gasteiger partial charge >= 0.3 is 5.97 Å². The van der Waals surface area contributed by atoms with Crippen molar-refractivity contribution in [1.82, 2.24) is 41.1 Å². The first-order valence-corrected chi connectivity index (χ1v) is 30.0. The van der Waals surface area contributed by atoms with E-state index in [4.69, 9.17) is 33.1 Å². The number of rotatable bonds is 24. The molecule has 6 aromatic rings. The van der Waals surface area contributed by atoms with E-state index < -0.39 is 36.1 Å². The van der Waals surface area contributed by atoms with Crippen LogP contribution in [-0.2, 0) is 28.7 Å². The highest BCUT2D eigenvalue weighted by molar-refractivity contribution is 7.13. The van der Waals surface area contributed by atoms with Crippen LogP contribution in [0.25, 0.3) is 20.9 Å². The van der Waals surface area contributed by atoms with Crippen LogP contribution in [0.3, 0.4) is 0 Å². The number of nitrogens with one attached hydrogen (secondary N) is 3. The monoisotopic (exact) mass is 1190 g/mol. The van der Waals surface area contributed by atoms with Crippen LogP contribution in [0.2, 0.25) is 0 Å². The molecule has 4 aromatic heterocycles. The number of nitrogens with zero attached hydrogens (tertiary/aromatic N) is 5. The number of carbonyl (C=O) groups is 4. The molecular weight excluding hydrogens is 1100 g/mol. The molecule has 6 N–H and O–H groups in total. The van der Waals surface area contributed by atoms with E-state index in [1.807, 2.05) is 131 Å². The van der Waals surface area contributed by atoms with Crippen molar-refractivity contribution in [3.63, 3.8) is 0 Å². The third kappa shape index (κ3) is 18.4. The van der Waals surface area contributed by atoms with Gasteiger partial charge in [-0.3, -0.25) is 19.2 Å². The van der Waals surface area contributed by atoms with Crippen molar-refractivity contribution < 1.29 is 62.5 Å². The highest BCUT2D eigenvalue weighted by atomic mass is 32.1. The summed E-state index contributed by atoms with van der Waals surface area (Å²) in [5.74, 6) is -2.00. The average molecular weight is 1190 g/mol. The molecule has 83 heavy (non-hydrogen) atoms. The zero-order valence-electron chi connectivity index (χ0n) is 49.5. The number of aliphatic hydroxyl groups excluding tert-OH is 2. The Bertz CT molecular complexity index is 2980. The average Bonchev–Trinajstić information content (AvgIpc) is 4.35. The summed E-state index contributed by atoms with van der Waals surface area (Å²) < 4.78 is 32.4. The van der Waals surface area contributed by atoms with Crippen LogP contribution in [0, 0.1) is 25.7 Å². The lowest BCUT2D eigenvalue weighted by Gasteiger charge is -2.29. The van der Waals surface area contributed by atoms with E-state index in [2.05, 4.69) is 48.4 Å². The number of aliphatic hydroxyl groups is 2. The molecule has 23 heteroatoms. The highest BCUT2D eigenvalue weighted by Crippen LogP contribution is 2.34. The molecular formula is C60H82N8O13S2. The Morgan fingerprint density at radius 1 is 0.675 bits per heavy atom. The zero-order valence-corrected chi connectivity index (χ0v) is 51.1. The minimum absolute atomic E-state index is 0.0504. The molecule has 452 valence electrons. The Hall–Kier alpha value is -6.60. The van der Waals surface area contributed by atoms with Crippen molar-refractivity contribution in [1.29, 1.82) is 0 Å². The van der Waals surface area contributed by atoms with Gasteiger partial charge in [-0.1, -0.05) is 76.2 Å². The minimum Gasteiger partial charge on any atom is -0.481 e. The van der Waals surface area contributed by atoms with Gasteiger partial charge in [0.15, 0.2) is 11.5 Å². The molecule has 10 atom stereocenters. The van der Waals surface area contributed by atoms with E-state index in [1.54, 1.807) is 28.7 Å². The van der Waals surface area contributed by atoms with Gasteiger partial charge in [0.1, 0.15) is 31.1 Å². The summed E-state index contributed by atoms with van der Waals surface area (Å²) in [6, 6.07) is 17.9. The summed E-state index contributed by atoms with van der Waals surface area (Å²) in [5, 5.41) is 45.9. The number of aromatic nitrogens is 4. The Morgan fingerprint density at radius 3 is 1.53 bits per heavy atom. The summed E-state index contributed by atoms with van der Waals surface area (Å²) in [7, 11) is 0. The van der Waals surface area contributed by atoms with Gasteiger partial charge in [0.25, 0.3) is 11.8 Å². The van der Waals surface area contributed by atoms with Crippen LogP contribution in [0.4, 0.5) is 0 Å². The molecule has 3 amide bonds. The maximum Gasteiger partial charge on any atom is 0.314 e. The highest BCUT2D eigenvalue weighted by Gasteiger charge is 2.44. The lowest BCUT2D eigenvalue weighted by molar-refractivity contribution is -0.141. The Morgan fingerprint density at radius 2 is 1.13 bits per heavy atom. The number of likely N-dealkylation sites (tertiary alicyclic amines) is 1. The zero-order chi connectivity index (χ0) is 60.5. The van der Waals surface area contributed by atoms with Gasteiger partial charge in [-0.25, -0.2) is 9.97 Å². The van der Waals surface area contributed by atoms with E-state index in [1.165, 1.54) is 15.8 Å². The van der Waals surface area contributed by atoms with E-state index in [0.717, 1.165) is 38.5 Å². The van der Waals surface area contributed by atoms with Crippen LogP contribution < -0.4 is 25.4 Å². The first kappa shape index (κ1) is 65.6. The first-order valence-electron chi connectivity index (χ1n) is 28.2. The number of ether oxygens (including phenoxy) is 4. The molecule has 2 aromatic carbocycles. The van der Waals surface area contributed by atoms with Crippen molar-refractivity contribution in [2.75, 3.05) is 39.5 Å².